The molecule has 204 valence electrons. The maximum Gasteiger partial charge on any atom is 0.243 e. The van der Waals surface area contributed by atoms with Gasteiger partial charge in [0.1, 0.15) is 13.2 Å². The van der Waals surface area contributed by atoms with Crippen LogP contribution in [0.25, 0.3) is 10.2 Å². The second kappa shape index (κ2) is 9.58. The molecule has 1 atom stereocenters. The third-order valence-electron chi connectivity index (χ3n) is 8.08. The number of likely N-dealkylation sites (tertiary alicyclic amines) is 1. The van der Waals surface area contributed by atoms with Crippen LogP contribution in [0.2, 0.25) is 0 Å². The number of benzene rings is 2. The number of hydrogen-bond donors (Lipinski definition) is 0. The second-order valence-corrected chi connectivity index (χ2v) is 13.8. The van der Waals surface area contributed by atoms with E-state index < -0.39 is 10.0 Å². The van der Waals surface area contributed by atoms with Crippen molar-refractivity contribution in [3.05, 3.63) is 58.1 Å². The van der Waals surface area contributed by atoms with Crippen molar-refractivity contribution in [1.82, 2.24) is 19.1 Å². The van der Waals surface area contributed by atoms with Crippen molar-refractivity contribution in [2.24, 2.45) is 0 Å². The Kier molecular flexibility index (Phi) is 6.14. The first-order chi connectivity index (χ1) is 18.9. The van der Waals surface area contributed by atoms with E-state index in [2.05, 4.69) is 11.0 Å². The van der Waals surface area contributed by atoms with Gasteiger partial charge in [-0.15, -0.1) is 11.3 Å². The summed E-state index contributed by atoms with van der Waals surface area (Å²) in [6.45, 7) is 7.08. The first-order valence-electron chi connectivity index (χ1n) is 13.3. The molecule has 11 heteroatoms. The Hall–Kier alpha value is -2.99. The van der Waals surface area contributed by atoms with Gasteiger partial charge in [-0.05, 0) is 61.3 Å². The lowest BCUT2D eigenvalue weighted by Gasteiger charge is -2.35. The number of carbonyl (C=O) groups is 1. The van der Waals surface area contributed by atoms with Gasteiger partial charge in [-0.2, -0.15) is 4.31 Å². The molecule has 9 nitrogen and oxygen atoms in total. The third kappa shape index (κ3) is 4.41. The number of sulfonamides is 1. The molecule has 3 aromatic rings. The highest BCUT2D eigenvalue weighted by molar-refractivity contribution is 7.89. The predicted molar refractivity (Wildman–Crippen MR) is 148 cm³/mol. The fourth-order valence-electron chi connectivity index (χ4n) is 5.92. The minimum Gasteiger partial charge on any atom is -0.486 e. The molecule has 0 N–H and O–H groups in total. The molecule has 7 rings (SSSR count). The van der Waals surface area contributed by atoms with Crippen LogP contribution in [0.3, 0.4) is 0 Å². The molecule has 0 saturated carbocycles. The summed E-state index contributed by atoms with van der Waals surface area (Å²) in [5.41, 5.74) is 3.96. The van der Waals surface area contributed by atoms with Gasteiger partial charge >= 0.3 is 0 Å². The molecule has 1 saturated heterocycles. The van der Waals surface area contributed by atoms with Crippen LogP contribution < -0.4 is 9.47 Å². The van der Waals surface area contributed by atoms with Crippen LogP contribution >= 0.6 is 11.3 Å². The van der Waals surface area contributed by atoms with Gasteiger partial charge in [-0.3, -0.25) is 4.79 Å². The number of amides is 1. The predicted octanol–water partition coefficient (Wildman–Crippen LogP) is 3.01. The lowest BCUT2D eigenvalue weighted by molar-refractivity contribution is -0.132. The molecule has 1 unspecified atom stereocenters. The van der Waals surface area contributed by atoms with E-state index in [0.717, 1.165) is 51.4 Å². The van der Waals surface area contributed by atoms with Gasteiger partial charge in [0.2, 0.25) is 15.9 Å². The molecule has 0 aliphatic carbocycles. The number of fused-ring (bicyclic) bond motifs is 2. The van der Waals surface area contributed by atoms with Gasteiger partial charge in [-0.25, -0.2) is 13.4 Å². The zero-order valence-electron chi connectivity index (χ0n) is 21.8. The molecule has 1 fully saturated rings. The highest BCUT2D eigenvalue weighted by Crippen LogP contribution is 2.37. The summed E-state index contributed by atoms with van der Waals surface area (Å²) in [6.07, 6.45) is 1.16. The summed E-state index contributed by atoms with van der Waals surface area (Å²) >= 11 is 1.65. The average molecular weight is 567 g/mol. The molecule has 0 spiro atoms. The monoisotopic (exact) mass is 566 g/mol. The summed E-state index contributed by atoms with van der Waals surface area (Å²) < 4.78 is 40.7. The smallest absolute Gasteiger partial charge is 0.243 e. The lowest BCUT2D eigenvalue weighted by Crippen LogP contribution is -2.45. The summed E-state index contributed by atoms with van der Waals surface area (Å²) in [6, 6.07) is 10.9. The van der Waals surface area contributed by atoms with E-state index >= 15 is 0 Å². The van der Waals surface area contributed by atoms with Crippen molar-refractivity contribution < 1.29 is 22.7 Å². The third-order valence-corrected chi connectivity index (χ3v) is 10.8. The largest absolute Gasteiger partial charge is 0.486 e. The topological polar surface area (TPSA) is 92.3 Å². The van der Waals surface area contributed by atoms with Crippen LogP contribution in [0.1, 0.15) is 22.9 Å². The molecule has 4 aliphatic rings. The van der Waals surface area contributed by atoms with E-state index in [1.165, 1.54) is 4.31 Å². The Balaban J connectivity index is 1.08. The van der Waals surface area contributed by atoms with Crippen LogP contribution in [-0.2, 0) is 14.8 Å². The Morgan fingerprint density at radius 3 is 2.49 bits per heavy atom. The molecule has 5 heterocycles. The molecular weight excluding hydrogens is 536 g/mol. The summed E-state index contributed by atoms with van der Waals surface area (Å²) in [7, 11) is -3.71. The summed E-state index contributed by atoms with van der Waals surface area (Å²) in [5.74, 6) is 0.814. The molecule has 2 aromatic carbocycles. The van der Waals surface area contributed by atoms with Gasteiger partial charge < -0.3 is 19.3 Å². The van der Waals surface area contributed by atoms with E-state index in [1.54, 1.807) is 29.5 Å². The molecule has 1 amide bonds. The molecular formula is C28H30N4O5S2. The van der Waals surface area contributed by atoms with E-state index in [1.807, 2.05) is 24.0 Å². The van der Waals surface area contributed by atoms with Crippen molar-refractivity contribution in [2.75, 3.05) is 59.0 Å². The van der Waals surface area contributed by atoms with E-state index in [0.29, 0.717) is 57.4 Å². The number of hydrogen-bond acceptors (Lipinski definition) is 8. The number of aromatic nitrogens is 1. The SMILES string of the molecule is Cc1nc2c(C(CN3CCC3)C(=O)N3CC4=C(C3)CN(S(=O)(=O)c3ccc5c(c3)OCCO5)C4)cccc2s1. The molecule has 0 bridgehead atoms. The van der Waals surface area contributed by atoms with Crippen molar-refractivity contribution >= 4 is 37.5 Å². The van der Waals surface area contributed by atoms with Crippen LogP contribution in [0.15, 0.2) is 52.4 Å². The minimum atomic E-state index is -3.71. The van der Waals surface area contributed by atoms with Crippen molar-refractivity contribution in [2.45, 2.75) is 24.2 Å². The highest BCUT2D eigenvalue weighted by atomic mass is 32.2. The fraction of sp³-hybridized carbons (Fsp3) is 0.429. The number of aryl methyl sites for hydroxylation is 1. The average Bonchev–Trinajstić information content (AvgIpc) is 3.60. The first kappa shape index (κ1) is 25.0. The first-order valence-corrected chi connectivity index (χ1v) is 15.6. The second-order valence-electron chi connectivity index (χ2n) is 10.6. The Bertz CT molecular complexity index is 1590. The Morgan fingerprint density at radius 1 is 1.03 bits per heavy atom. The normalized spacial score (nSPS) is 20.4. The maximum atomic E-state index is 14.0. The Labute approximate surface area is 231 Å². The number of thiazole rings is 1. The number of carbonyl (C=O) groups excluding carboxylic acids is 1. The molecule has 4 aliphatic heterocycles. The number of ether oxygens (including phenoxy) is 2. The van der Waals surface area contributed by atoms with E-state index in [-0.39, 0.29) is 16.7 Å². The summed E-state index contributed by atoms with van der Waals surface area (Å²) in [5, 5.41) is 0.994. The van der Waals surface area contributed by atoms with Gasteiger partial charge in [0, 0.05) is 38.8 Å². The molecule has 1 aromatic heterocycles. The van der Waals surface area contributed by atoms with Gasteiger partial charge in [-0.1, -0.05) is 12.1 Å². The molecule has 0 radical (unpaired) electrons. The van der Waals surface area contributed by atoms with Crippen LogP contribution in [0.4, 0.5) is 0 Å². The van der Waals surface area contributed by atoms with Gasteiger partial charge in [0.25, 0.3) is 0 Å². The zero-order valence-corrected chi connectivity index (χ0v) is 23.4. The number of rotatable bonds is 6. The van der Waals surface area contributed by atoms with Crippen molar-refractivity contribution in [3.63, 3.8) is 0 Å². The standard InChI is InChI=1S/C28H30N4O5S2/c1-18-29-27-22(4-2-5-26(27)38-18)23(17-30-8-3-9-30)28(33)31-13-19-15-32(16-20(19)14-31)39(34,35)21-6-7-24-25(12-21)37-11-10-36-24/h2,4-7,12,23H,3,8-11,13-17H2,1H3. The minimum absolute atomic E-state index is 0.0932. The van der Waals surface area contributed by atoms with Crippen LogP contribution in [0.5, 0.6) is 11.5 Å². The lowest BCUT2D eigenvalue weighted by atomic mass is 9.94. The molecule has 39 heavy (non-hydrogen) atoms. The van der Waals surface area contributed by atoms with E-state index in [4.69, 9.17) is 14.5 Å². The zero-order chi connectivity index (χ0) is 26.7. The van der Waals surface area contributed by atoms with Gasteiger partial charge in [0.05, 0.1) is 26.0 Å². The van der Waals surface area contributed by atoms with Crippen LogP contribution in [-0.4, -0.2) is 92.4 Å². The number of para-hydroxylation sites is 1. The van der Waals surface area contributed by atoms with Crippen LogP contribution in [0, 0.1) is 6.92 Å². The van der Waals surface area contributed by atoms with Gasteiger partial charge in [0.15, 0.2) is 11.5 Å². The van der Waals surface area contributed by atoms with Crippen molar-refractivity contribution in [1.29, 1.82) is 0 Å². The quantitative estimate of drug-likeness (QED) is 0.424. The summed E-state index contributed by atoms with van der Waals surface area (Å²) in [4.78, 5) is 23.2. The van der Waals surface area contributed by atoms with Crippen molar-refractivity contribution in [3.8, 4) is 11.5 Å². The maximum absolute atomic E-state index is 14.0. The Morgan fingerprint density at radius 2 is 1.77 bits per heavy atom. The fourth-order valence-corrected chi connectivity index (χ4v) is 8.23. The number of nitrogens with zero attached hydrogens (tertiary/aromatic N) is 4. The highest BCUT2D eigenvalue weighted by Gasteiger charge is 2.40. The van der Waals surface area contributed by atoms with E-state index in [9.17, 15) is 13.2 Å².